The number of carbonyl (C=O) groups excluding carboxylic acids is 1. The number of ether oxygens (including phenoxy) is 1. The second-order valence-electron chi connectivity index (χ2n) is 12.2. The molecule has 0 bridgehead atoms. The maximum Gasteiger partial charge on any atom is 0.416 e. The summed E-state index contributed by atoms with van der Waals surface area (Å²) in [6.07, 6.45) is -3.09. The van der Waals surface area contributed by atoms with Crippen molar-refractivity contribution in [3.8, 4) is 28.6 Å². The monoisotopic (exact) mass is 630 g/mol. The molecule has 13 heteroatoms. The van der Waals surface area contributed by atoms with E-state index in [2.05, 4.69) is 21.6 Å². The van der Waals surface area contributed by atoms with Gasteiger partial charge in [0, 0.05) is 31.3 Å². The van der Waals surface area contributed by atoms with Crippen molar-refractivity contribution in [2.45, 2.75) is 39.2 Å². The Labute approximate surface area is 264 Å². The second-order valence-corrected chi connectivity index (χ2v) is 12.2. The number of aromatic nitrogens is 4. The number of fused-ring (bicyclic) bond motifs is 1. The van der Waals surface area contributed by atoms with E-state index in [1.54, 1.807) is 54.3 Å². The van der Waals surface area contributed by atoms with Gasteiger partial charge in [-0.15, -0.1) is 10.2 Å². The Morgan fingerprint density at radius 2 is 1.91 bits per heavy atom. The minimum absolute atomic E-state index is 0.0122. The molecule has 46 heavy (non-hydrogen) atoms. The van der Waals surface area contributed by atoms with E-state index in [-0.39, 0.29) is 42.0 Å². The highest BCUT2D eigenvalue weighted by molar-refractivity contribution is 6.10. The number of rotatable bonds is 9. The molecule has 1 saturated heterocycles. The molecule has 0 unspecified atom stereocenters. The molecule has 6 rings (SSSR count). The van der Waals surface area contributed by atoms with Gasteiger partial charge in [-0.3, -0.25) is 14.6 Å². The predicted molar refractivity (Wildman–Crippen MR) is 166 cm³/mol. The van der Waals surface area contributed by atoms with Crippen LogP contribution >= 0.6 is 0 Å². The molecule has 1 amide bonds. The Morgan fingerprint density at radius 1 is 1.13 bits per heavy atom. The van der Waals surface area contributed by atoms with Gasteiger partial charge in [-0.25, -0.2) is 4.98 Å². The summed E-state index contributed by atoms with van der Waals surface area (Å²) in [4.78, 5) is 21.9. The lowest BCUT2D eigenvalue weighted by molar-refractivity contribution is -0.138. The standard InChI is InChI=1S/C33H33F3N8O2/c1-19(2)13-38-29-10-22(25-7-20(12-37)5-6-24(25)31-41-39-18-43(31)4)11-30(40-29)44-15-27-26(32(44)45)8-21(9-28(27)33(34,35)36)14-42(3)23-16-46-17-23/h5-11,18-19,23H,13-17H2,1-4H3,(H,38,40). The molecule has 4 aromatic rings. The van der Waals surface area contributed by atoms with Crippen molar-refractivity contribution >= 4 is 17.5 Å². The fraction of sp³-hybridized carbons (Fsp3) is 0.364. The van der Waals surface area contributed by atoms with Crippen LogP contribution in [-0.4, -0.2) is 63.4 Å². The maximum atomic E-state index is 14.4. The summed E-state index contributed by atoms with van der Waals surface area (Å²) in [5.74, 6) is 0.891. The normalized spacial score (nSPS) is 15.0. The van der Waals surface area contributed by atoms with Gasteiger partial charge in [0.1, 0.15) is 18.0 Å². The van der Waals surface area contributed by atoms with Gasteiger partial charge in [-0.2, -0.15) is 18.4 Å². The molecule has 2 aliphatic heterocycles. The summed E-state index contributed by atoms with van der Waals surface area (Å²) >= 11 is 0. The number of anilines is 2. The zero-order valence-electron chi connectivity index (χ0n) is 25.9. The third kappa shape index (κ3) is 6.05. The quantitative estimate of drug-likeness (QED) is 0.258. The van der Waals surface area contributed by atoms with Crippen molar-refractivity contribution in [3.05, 3.63) is 76.6 Å². The Balaban J connectivity index is 1.45. The molecule has 0 atom stereocenters. The summed E-state index contributed by atoms with van der Waals surface area (Å²) in [6, 6.07) is 13.6. The van der Waals surface area contributed by atoms with Crippen LogP contribution < -0.4 is 10.2 Å². The number of amides is 1. The Hall–Kier alpha value is -4.80. The number of pyridine rings is 1. The van der Waals surface area contributed by atoms with E-state index in [0.29, 0.717) is 59.2 Å². The summed E-state index contributed by atoms with van der Waals surface area (Å²) in [5.41, 5.74) is 1.85. The van der Waals surface area contributed by atoms with Gasteiger partial charge < -0.3 is 14.6 Å². The largest absolute Gasteiger partial charge is 0.416 e. The van der Waals surface area contributed by atoms with Gasteiger partial charge in [0.05, 0.1) is 43.0 Å². The zero-order valence-corrected chi connectivity index (χ0v) is 25.9. The number of nitrogens with zero attached hydrogens (tertiary/aromatic N) is 7. The van der Waals surface area contributed by atoms with Gasteiger partial charge >= 0.3 is 6.18 Å². The van der Waals surface area contributed by atoms with Crippen LogP contribution in [0, 0.1) is 17.2 Å². The summed E-state index contributed by atoms with van der Waals surface area (Å²) in [6.45, 7) is 5.63. The van der Waals surface area contributed by atoms with Gasteiger partial charge in [-0.05, 0) is 77.7 Å². The molecule has 0 aliphatic carbocycles. The molecule has 2 aromatic carbocycles. The molecule has 2 aromatic heterocycles. The van der Waals surface area contributed by atoms with Crippen molar-refractivity contribution in [1.29, 1.82) is 5.26 Å². The number of hydrogen-bond donors (Lipinski definition) is 1. The maximum absolute atomic E-state index is 14.4. The molecular weight excluding hydrogens is 597 g/mol. The molecule has 1 N–H and O–H groups in total. The van der Waals surface area contributed by atoms with Gasteiger partial charge in [0.15, 0.2) is 5.82 Å². The third-order valence-electron chi connectivity index (χ3n) is 8.27. The van der Waals surface area contributed by atoms with E-state index in [9.17, 15) is 23.2 Å². The smallest absolute Gasteiger partial charge is 0.378 e. The summed E-state index contributed by atoms with van der Waals surface area (Å²) in [5, 5.41) is 21.2. The van der Waals surface area contributed by atoms with Crippen LogP contribution in [0.25, 0.3) is 22.5 Å². The lowest BCUT2D eigenvalue weighted by atomic mass is 9.97. The minimum Gasteiger partial charge on any atom is -0.378 e. The highest BCUT2D eigenvalue weighted by Crippen LogP contribution is 2.41. The number of aryl methyl sites for hydroxylation is 1. The molecule has 0 spiro atoms. The first kappa shape index (κ1) is 31.2. The molecule has 1 fully saturated rings. The van der Waals surface area contributed by atoms with Gasteiger partial charge in [0.2, 0.25) is 0 Å². The molecule has 0 saturated carbocycles. The predicted octanol–water partition coefficient (Wildman–Crippen LogP) is 5.49. The molecule has 4 heterocycles. The van der Waals surface area contributed by atoms with E-state index in [0.717, 1.165) is 6.07 Å². The topological polar surface area (TPSA) is 112 Å². The van der Waals surface area contributed by atoms with Crippen molar-refractivity contribution < 1.29 is 22.7 Å². The lowest BCUT2D eigenvalue weighted by Gasteiger charge is -2.34. The van der Waals surface area contributed by atoms with Crippen LogP contribution in [0.1, 0.15) is 46.5 Å². The highest BCUT2D eigenvalue weighted by atomic mass is 19.4. The SMILES string of the molecule is CC(C)CNc1cc(-c2cc(C#N)ccc2-c2nncn2C)cc(N2Cc3c(cc(CN(C)C4COC4)cc3C(F)(F)F)C2=O)n1. The molecular formula is C33H33F3N8O2. The number of benzene rings is 2. The van der Waals surface area contributed by atoms with E-state index in [1.165, 1.54) is 4.90 Å². The first-order valence-electron chi connectivity index (χ1n) is 14.9. The number of nitrogens with one attached hydrogen (secondary N) is 1. The van der Waals surface area contributed by atoms with Gasteiger partial charge in [0.25, 0.3) is 5.91 Å². The van der Waals surface area contributed by atoms with Crippen LogP contribution in [-0.2, 0) is 31.1 Å². The summed E-state index contributed by atoms with van der Waals surface area (Å²) in [7, 11) is 3.63. The van der Waals surface area contributed by atoms with Crippen molar-refractivity contribution in [3.63, 3.8) is 0 Å². The van der Waals surface area contributed by atoms with Crippen molar-refractivity contribution in [2.24, 2.45) is 13.0 Å². The Morgan fingerprint density at radius 3 is 2.54 bits per heavy atom. The first-order chi connectivity index (χ1) is 21.9. The van der Waals surface area contributed by atoms with Crippen molar-refractivity contribution in [2.75, 3.05) is 37.0 Å². The van der Waals surface area contributed by atoms with Crippen LogP contribution in [0.4, 0.5) is 24.8 Å². The number of hydrogen-bond acceptors (Lipinski definition) is 8. The van der Waals surface area contributed by atoms with Crippen LogP contribution in [0.15, 0.2) is 48.8 Å². The number of likely N-dealkylation sites (N-methyl/N-ethyl adjacent to an activating group) is 1. The number of alkyl halides is 3. The molecule has 0 radical (unpaired) electrons. The average molecular weight is 631 g/mol. The highest BCUT2D eigenvalue weighted by Gasteiger charge is 2.41. The van der Waals surface area contributed by atoms with Crippen molar-refractivity contribution in [1.82, 2.24) is 24.6 Å². The number of halogens is 3. The Kier molecular flexibility index (Phi) is 8.26. The second kappa shape index (κ2) is 12.2. The van der Waals surface area contributed by atoms with Crippen LogP contribution in [0.2, 0.25) is 0 Å². The molecule has 2 aliphatic rings. The molecule has 10 nitrogen and oxygen atoms in total. The van der Waals surface area contributed by atoms with Crippen LogP contribution in [0.5, 0.6) is 0 Å². The van der Waals surface area contributed by atoms with E-state index < -0.39 is 17.6 Å². The van der Waals surface area contributed by atoms with E-state index in [4.69, 9.17) is 9.72 Å². The molecule has 238 valence electrons. The van der Waals surface area contributed by atoms with E-state index >= 15 is 0 Å². The number of carbonyl (C=O) groups is 1. The fourth-order valence-electron chi connectivity index (χ4n) is 5.68. The fourth-order valence-corrected chi connectivity index (χ4v) is 5.68. The zero-order chi connectivity index (χ0) is 32.7. The van der Waals surface area contributed by atoms with Crippen LogP contribution in [0.3, 0.4) is 0 Å². The lowest BCUT2D eigenvalue weighted by Crippen LogP contribution is -2.46. The third-order valence-corrected chi connectivity index (χ3v) is 8.27. The first-order valence-corrected chi connectivity index (χ1v) is 14.9. The minimum atomic E-state index is -4.66. The Bertz CT molecular complexity index is 1840. The average Bonchev–Trinajstić information content (AvgIpc) is 3.56. The van der Waals surface area contributed by atoms with E-state index in [1.807, 2.05) is 25.8 Å². The van der Waals surface area contributed by atoms with Gasteiger partial charge in [-0.1, -0.05) is 13.8 Å². The summed E-state index contributed by atoms with van der Waals surface area (Å²) < 4.78 is 50.3. The number of nitriles is 1.